The van der Waals surface area contributed by atoms with Crippen molar-refractivity contribution in [2.45, 2.75) is 30.5 Å². The minimum atomic E-state index is -0.427. The molecule has 1 unspecified atom stereocenters. The summed E-state index contributed by atoms with van der Waals surface area (Å²) in [5, 5.41) is 17.4. The van der Waals surface area contributed by atoms with Gasteiger partial charge in [-0.25, -0.2) is 4.39 Å². The van der Waals surface area contributed by atoms with Crippen molar-refractivity contribution in [2.24, 2.45) is 0 Å². The van der Waals surface area contributed by atoms with E-state index in [9.17, 15) is 4.39 Å². The molecule has 0 saturated heterocycles. The Bertz CT molecular complexity index is 1150. The predicted octanol–water partition coefficient (Wildman–Crippen LogP) is 4.55. The maximum absolute atomic E-state index is 13.9. The molecule has 166 valence electrons. The fraction of sp³-hybridized carbons (Fsp3) is 0.273. The van der Waals surface area contributed by atoms with E-state index in [1.165, 1.54) is 17.8 Å². The molecular formula is C22H22FN5O3S. The van der Waals surface area contributed by atoms with Gasteiger partial charge in [0.1, 0.15) is 6.61 Å². The van der Waals surface area contributed by atoms with Crippen molar-refractivity contribution in [3.63, 3.8) is 0 Å². The summed E-state index contributed by atoms with van der Waals surface area (Å²) in [6.45, 7) is 2.52. The summed E-state index contributed by atoms with van der Waals surface area (Å²) in [6, 6.07) is 15.8. The molecule has 1 atom stereocenters. The first-order chi connectivity index (χ1) is 15.7. The first kappa shape index (κ1) is 22.0. The second-order valence-electron chi connectivity index (χ2n) is 6.95. The fourth-order valence-corrected chi connectivity index (χ4v) is 3.99. The highest BCUT2D eigenvalue weighted by Crippen LogP contribution is 2.27. The molecule has 2 aromatic heterocycles. The molecule has 0 aliphatic carbocycles. The number of nitrogens with zero attached hydrogens (tertiary/aromatic N) is 5. The Morgan fingerprint density at radius 1 is 1.03 bits per heavy atom. The van der Waals surface area contributed by atoms with Crippen LogP contribution in [0.2, 0.25) is 0 Å². The Labute approximate surface area is 188 Å². The maximum Gasteiger partial charge on any atom is 0.247 e. The number of rotatable bonds is 10. The van der Waals surface area contributed by atoms with Gasteiger partial charge in [0.05, 0.1) is 18.4 Å². The van der Waals surface area contributed by atoms with Gasteiger partial charge in [0.2, 0.25) is 11.8 Å². The summed E-state index contributed by atoms with van der Waals surface area (Å²) in [5.41, 5.74) is 0.862. The summed E-state index contributed by atoms with van der Waals surface area (Å²) in [4.78, 5) is 0. The van der Waals surface area contributed by atoms with E-state index in [1.807, 2.05) is 41.8 Å². The van der Waals surface area contributed by atoms with E-state index in [0.29, 0.717) is 35.1 Å². The molecule has 0 amide bonds. The number of hydrogen-bond acceptors (Lipinski definition) is 8. The number of thioether (sulfide) groups is 1. The van der Waals surface area contributed by atoms with Crippen LogP contribution < -0.4 is 4.74 Å². The number of hydrogen-bond donors (Lipinski definition) is 0. The maximum atomic E-state index is 13.9. The highest BCUT2D eigenvalue weighted by atomic mass is 32.2. The number of ether oxygens (including phenoxy) is 2. The van der Waals surface area contributed by atoms with Gasteiger partial charge in [-0.2, -0.15) is 0 Å². The Morgan fingerprint density at radius 3 is 2.59 bits per heavy atom. The second kappa shape index (κ2) is 10.4. The first-order valence-corrected chi connectivity index (χ1v) is 10.9. The van der Waals surface area contributed by atoms with Gasteiger partial charge in [-0.05, 0) is 31.2 Å². The smallest absolute Gasteiger partial charge is 0.247 e. The third-order valence-electron chi connectivity index (χ3n) is 4.59. The zero-order valence-electron chi connectivity index (χ0n) is 17.6. The van der Waals surface area contributed by atoms with Gasteiger partial charge >= 0.3 is 0 Å². The standard InChI is InChI=1S/C22H22FN5O3S/c1-15(12-29-2)28-19(13-30-18-11-7-6-10-17(18)23)24-27-22(28)32-14-20-25-26-21(31-20)16-8-4-3-5-9-16/h3-11,15H,12-14H2,1-2H3. The van der Waals surface area contributed by atoms with Crippen molar-refractivity contribution >= 4 is 11.8 Å². The van der Waals surface area contributed by atoms with Gasteiger partial charge in [0.15, 0.2) is 22.5 Å². The molecule has 0 saturated carbocycles. The molecule has 0 bridgehead atoms. The van der Waals surface area contributed by atoms with Gasteiger partial charge < -0.3 is 13.9 Å². The van der Waals surface area contributed by atoms with Crippen LogP contribution in [0.4, 0.5) is 4.39 Å². The lowest BCUT2D eigenvalue weighted by atomic mass is 10.2. The van der Waals surface area contributed by atoms with Gasteiger partial charge in [-0.3, -0.25) is 4.57 Å². The molecule has 0 aliphatic heterocycles. The number of aromatic nitrogens is 5. The molecular weight excluding hydrogens is 433 g/mol. The monoisotopic (exact) mass is 455 g/mol. The number of methoxy groups -OCH3 is 1. The molecule has 0 spiro atoms. The summed E-state index contributed by atoms with van der Waals surface area (Å²) >= 11 is 1.42. The van der Waals surface area contributed by atoms with E-state index in [4.69, 9.17) is 13.9 Å². The Balaban J connectivity index is 1.48. The van der Waals surface area contributed by atoms with Crippen molar-refractivity contribution < 1.29 is 18.3 Å². The third-order valence-corrected chi connectivity index (χ3v) is 5.52. The number of halogens is 1. The average molecular weight is 456 g/mol. The summed E-state index contributed by atoms with van der Waals surface area (Å²) in [7, 11) is 1.63. The van der Waals surface area contributed by atoms with Crippen LogP contribution in [0.3, 0.4) is 0 Å². The van der Waals surface area contributed by atoms with E-state index in [1.54, 1.807) is 25.3 Å². The predicted molar refractivity (Wildman–Crippen MR) is 117 cm³/mol. The van der Waals surface area contributed by atoms with Crippen molar-refractivity contribution in [2.75, 3.05) is 13.7 Å². The van der Waals surface area contributed by atoms with Gasteiger partial charge in [-0.15, -0.1) is 20.4 Å². The molecule has 32 heavy (non-hydrogen) atoms. The van der Waals surface area contributed by atoms with Crippen LogP contribution in [-0.4, -0.2) is 38.7 Å². The molecule has 2 aromatic carbocycles. The largest absolute Gasteiger partial charge is 0.483 e. The quantitative estimate of drug-likeness (QED) is 0.322. The van der Waals surface area contributed by atoms with Crippen LogP contribution in [0.1, 0.15) is 24.7 Å². The summed E-state index contributed by atoms with van der Waals surface area (Å²) in [6.07, 6.45) is 0. The molecule has 4 rings (SSSR count). The zero-order chi connectivity index (χ0) is 22.3. The average Bonchev–Trinajstić information content (AvgIpc) is 3.45. The van der Waals surface area contributed by atoms with Crippen molar-refractivity contribution in [1.29, 1.82) is 0 Å². The molecule has 0 radical (unpaired) electrons. The van der Waals surface area contributed by atoms with Crippen LogP contribution >= 0.6 is 11.8 Å². The van der Waals surface area contributed by atoms with E-state index in [0.717, 1.165) is 5.56 Å². The molecule has 8 nitrogen and oxygen atoms in total. The summed E-state index contributed by atoms with van der Waals surface area (Å²) < 4.78 is 32.5. The van der Waals surface area contributed by atoms with Gasteiger partial charge in [0, 0.05) is 12.7 Å². The fourth-order valence-electron chi connectivity index (χ4n) is 3.10. The van der Waals surface area contributed by atoms with Crippen LogP contribution in [0.25, 0.3) is 11.5 Å². The molecule has 10 heteroatoms. The molecule has 0 N–H and O–H groups in total. The van der Waals surface area contributed by atoms with Crippen LogP contribution in [0.5, 0.6) is 5.75 Å². The Morgan fingerprint density at radius 2 is 1.81 bits per heavy atom. The number of para-hydroxylation sites is 1. The van der Waals surface area contributed by atoms with Crippen molar-refractivity contribution in [1.82, 2.24) is 25.0 Å². The van der Waals surface area contributed by atoms with Crippen molar-refractivity contribution in [3.8, 4) is 17.2 Å². The lowest BCUT2D eigenvalue weighted by Gasteiger charge is -2.17. The lowest BCUT2D eigenvalue weighted by Crippen LogP contribution is -2.16. The highest BCUT2D eigenvalue weighted by Gasteiger charge is 2.20. The van der Waals surface area contributed by atoms with Crippen molar-refractivity contribution in [3.05, 3.63) is 72.1 Å². The van der Waals surface area contributed by atoms with E-state index < -0.39 is 5.82 Å². The van der Waals surface area contributed by atoms with E-state index in [2.05, 4.69) is 20.4 Å². The highest BCUT2D eigenvalue weighted by molar-refractivity contribution is 7.98. The lowest BCUT2D eigenvalue weighted by molar-refractivity contribution is 0.154. The van der Waals surface area contributed by atoms with Gasteiger partial charge in [-0.1, -0.05) is 42.1 Å². The van der Waals surface area contributed by atoms with Crippen LogP contribution in [0.15, 0.2) is 64.2 Å². The topological polar surface area (TPSA) is 88.1 Å². The van der Waals surface area contributed by atoms with Crippen LogP contribution in [-0.2, 0) is 17.1 Å². The minimum absolute atomic E-state index is 0.0562. The van der Waals surface area contributed by atoms with E-state index >= 15 is 0 Å². The Kier molecular flexibility index (Phi) is 7.13. The van der Waals surface area contributed by atoms with Gasteiger partial charge in [0.25, 0.3) is 0 Å². The Hall–Kier alpha value is -3.24. The normalized spacial score (nSPS) is 12.1. The molecule has 0 aliphatic rings. The molecule has 0 fully saturated rings. The second-order valence-corrected chi connectivity index (χ2v) is 7.89. The molecule has 2 heterocycles. The molecule has 4 aromatic rings. The zero-order valence-corrected chi connectivity index (χ0v) is 18.5. The summed E-state index contributed by atoms with van der Waals surface area (Å²) in [5.74, 6) is 1.67. The van der Waals surface area contributed by atoms with E-state index in [-0.39, 0.29) is 18.4 Å². The number of benzene rings is 2. The van der Waals surface area contributed by atoms with Crippen LogP contribution in [0, 0.1) is 5.82 Å². The minimum Gasteiger partial charge on any atom is -0.483 e. The first-order valence-electron chi connectivity index (χ1n) is 9.96. The SMILES string of the molecule is COCC(C)n1c(COc2ccccc2F)nnc1SCc1nnc(-c2ccccc2)o1. The third kappa shape index (κ3) is 5.14.